The van der Waals surface area contributed by atoms with Gasteiger partial charge < -0.3 is 10.6 Å². The van der Waals surface area contributed by atoms with E-state index in [9.17, 15) is 4.79 Å². The summed E-state index contributed by atoms with van der Waals surface area (Å²) >= 11 is 1.45. The van der Waals surface area contributed by atoms with Gasteiger partial charge in [-0.1, -0.05) is 18.2 Å². The van der Waals surface area contributed by atoms with Crippen molar-refractivity contribution in [2.45, 2.75) is 26.3 Å². The van der Waals surface area contributed by atoms with Gasteiger partial charge in [0, 0.05) is 22.3 Å². The highest BCUT2D eigenvalue weighted by Gasteiger charge is 2.25. The second kappa shape index (κ2) is 8.17. The van der Waals surface area contributed by atoms with Crippen molar-refractivity contribution in [3.05, 3.63) is 53.2 Å². The molecule has 5 nitrogen and oxygen atoms in total. The van der Waals surface area contributed by atoms with Crippen molar-refractivity contribution < 1.29 is 4.79 Å². The van der Waals surface area contributed by atoms with E-state index in [1.54, 1.807) is 0 Å². The molecule has 0 spiro atoms. The van der Waals surface area contributed by atoms with E-state index in [1.165, 1.54) is 11.3 Å². The van der Waals surface area contributed by atoms with E-state index < -0.39 is 0 Å². The maximum atomic E-state index is 12.0. The van der Waals surface area contributed by atoms with Crippen LogP contribution in [-0.2, 0) is 4.79 Å². The highest BCUT2D eigenvalue weighted by Crippen LogP contribution is 2.29. The molecule has 3 heterocycles. The molecule has 1 fully saturated rings. The van der Waals surface area contributed by atoms with E-state index in [0.29, 0.717) is 5.13 Å². The van der Waals surface area contributed by atoms with Crippen LogP contribution in [-0.4, -0.2) is 28.5 Å². The topological polar surface area (TPSA) is 66.9 Å². The summed E-state index contributed by atoms with van der Waals surface area (Å²) in [6.07, 6.45) is 0.886. The van der Waals surface area contributed by atoms with Gasteiger partial charge in [-0.25, -0.2) is 4.98 Å². The third-order valence-corrected chi connectivity index (χ3v) is 5.21. The number of aryl methyl sites for hydroxylation is 2. The van der Waals surface area contributed by atoms with Crippen molar-refractivity contribution in [1.29, 1.82) is 0 Å². The number of rotatable bonds is 4. The van der Waals surface area contributed by atoms with Crippen molar-refractivity contribution in [2.24, 2.45) is 0 Å². The molecule has 1 atom stereocenters. The Labute approximate surface area is 168 Å². The summed E-state index contributed by atoms with van der Waals surface area (Å²) in [5.74, 6) is -0.00589. The van der Waals surface area contributed by atoms with E-state index in [1.807, 2.05) is 31.4 Å². The maximum absolute atomic E-state index is 12.0. The third kappa shape index (κ3) is 4.35. The number of pyridine rings is 1. The molecule has 2 N–H and O–H groups in total. The summed E-state index contributed by atoms with van der Waals surface area (Å²) in [6.45, 7) is 4.92. The van der Waals surface area contributed by atoms with Crippen molar-refractivity contribution in [1.82, 2.24) is 15.3 Å². The first kappa shape index (κ1) is 19.5. The smallest absolute Gasteiger partial charge is 0.243 e. The number of amides is 1. The average Bonchev–Trinajstić information content (AvgIpc) is 3.01. The summed E-state index contributed by atoms with van der Waals surface area (Å²) in [5, 5.41) is 8.61. The number of nitrogens with zero attached hydrogens (tertiary/aromatic N) is 2. The summed E-state index contributed by atoms with van der Waals surface area (Å²) in [5.41, 5.74) is 6.21. The zero-order valence-corrected chi connectivity index (χ0v) is 16.8. The Bertz CT molecular complexity index is 948. The quantitative estimate of drug-likeness (QED) is 0.688. The number of halogens is 1. The van der Waals surface area contributed by atoms with Crippen LogP contribution in [0.25, 0.3) is 22.4 Å². The summed E-state index contributed by atoms with van der Waals surface area (Å²) < 4.78 is 0. The van der Waals surface area contributed by atoms with E-state index >= 15 is 0 Å². The minimum Gasteiger partial charge on any atom is -0.306 e. The number of nitrogens with one attached hydrogen (secondary N) is 2. The second-order valence-electron chi connectivity index (χ2n) is 6.54. The van der Waals surface area contributed by atoms with Gasteiger partial charge in [0.25, 0.3) is 0 Å². The average molecular weight is 401 g/mol. The van der Waals surface area contributed by atoms with Crippen molar-refractivity contribution >= 4 is 34.8 Å². The van der Waals surface area contributed by atoms with Gasteiger partial charge >= 0.3 is 0 Å². The Balaban J connectivity index is 0.00000210. The zero-order chi connectivity index (χ0) is 18.1. The molecule has 3 aromatic rings. The van der Waals surface area contributed by atoms with E-state index in [4.69, 9.17) is 0 Å². The van der Waals surface area contributed by atoms with Crippen LogP contribution in [0.3, 0.4) is 0 Å². The number of thiazole rings is 1. The van der Waals surface area contributed by atoms with Crippen molar-refractivity contribution in [2.75, 3.05) is 11.9 Å². The van der Waals surface area contributed by atoms with Crippen LogP contribution in [0.2, 0.25) is 0 Å². The number of hydrogen-bond donors (Lipinski definition) is 2. The molecule has 1 aromatic carbocycles. The molecule has 27 heavy (non-hydrogen) atoms. The Morgan fingerprint density at radius 2 is 1.81 bits per heavy atom. The Morgan fingerprint density at radius 3 is 2.48 bits per heavy atom. The van der Waals surface area contributed by atoms with Gasteiger partial charge in [-0.3, -0.25) is 9.78 Å². The molecule has 1 amide bonds. The van der Waals surface area contributed by atoms with Gasteiger partial charge in [-0.05, 0) is 56.1 Å². The Kier molecular flexibility index (Phi) is 5.89. The molecule has 0 saturated carbocycles. The molecule has 4 rings (SSSR count). The van der Waals surface area contributed by atoms with Crippen LogP contribution in [0.15, 0.2) is 41.8 Å². The monoisotopic (exact) mass is 400 g/mol. The first-order chi connectivity index (χ1) is 12.6. The second-order valence-corrected chi connectivity index (χ2v) is 7.40. The normalized spacial score (nSPS) is 15.6. The lowest BCUT2D eigenvalue weighted by Crippen LogP contribution is -2.50. The van der Waals surface area contributed by atoms with Crippen molar-refractivity contribution in [3.63, 3.8) is 0 Å². The fourth-order valence-electron chi connectivity index (χ4n) is 3.03. The summed E-state index contributed by atoms with van der Waals surface area (Å²) in [6, 6.07) is 12.4. The number of aromatic nitrogens is 2. The standard InChI is InChI=1S/C20H20N4OS.ClH/c1-12-8-16(9-13(2)22-12)14-4-3-5-15(10-14)18-11-26-20(23-18)24-19(25)17-6-7-21-17;/h3-5,8-11,17,21H,6-7H2,1-2H3,(H,23,24,25);1H/t17-;/m1./s1. The molecule has 2 aromatic heterocycles. The van der Waals surface area contributed by atoms with Crippen molar-refractivity contribution in [3.8, 4) is 22.4 Å². The molecule has 1 aliphatic heterocycles. The Hall–Kier alpha value is -2.28. The fraction of sp³-hybridized carbons (Fsp3) is 0.250. The lowest BCUT2D eigenvalue weighted by atomic mass is 10.0. The molecule has 1 saturated heterocycles. The first-order valence-corrected chi connectivity index (χ1v) is 9.52. The number of benzene rings is 1. The molecule has 0 radical (unpaired) electrons. The fourth-order valence-corrected chi connectivity index (χ4v) is 3.75. The van der Waals surface area contributed by atoms with Gasteiger partial charge in [-0.2, -0.15) is 0 Å². The summed E-state index contributed by atoms with van der Waals surface area (Å²) in [7, 11) is 0. The van der Waals surface area contributed by atoms with Gasteiger partial charge in [0.1, 0.15) is 0 Å². The molecule has 0 bridgehead atoms. The van der Waals surface area contributed by atoms with Gasteiger partial charge in [0.2, 0.25) is 5.91 Å². The highest BCUT2D eigenvalue weighted by molar-refractivity contribution is 7.14. The van der Waals surface area contributed by atoms with E-state index in [-0.39, 0.29) is 24.4 Å². The van der Waals surface area contributed by atoms with Crippen LogP contribution in [0.1, 0.15) is 17.8 Å². The van der Waals surface area contributed by atoms with Gasteiger partial charge in [-0.15, -0.1) is 23.7 Å². The number of anilines is 1. The minimum atomic E-state index is -0.0798. The molecule has 0 unspecified atom stereocenters. The predicted molar refractivity (Wildman–Crippen MR) is 113 cm³/mol. The van der Waals surface area contributed by atoms with Crippen LogP contribution in [0, 0.1) is 13.8 Å². The zero-order valence-electron chi connectivity index (χ0n) is 15.2. The molecule has 0 aliphatic carbocycles. The largest absolute Gasteiger partial charge is 0.306 e. The SMILES string of the molecule is Cc1cc(-c2cccc(-c3csc(NC(=O)[C@H]4CCN4)n3)c2)cc(C)n1.Cl. The van der Waals surface area contributed by atoms with E-state index in [0.717, 1.165) is 46.7 Å². The number of hydrogen-bond acceptors (Lipinski definition) is 5. The number of carbonyl (C=O) groups excluding carboxylic acids is 1. The van der Waals surface area contributed by atoms with Crippen LogP contribution in [0.4, 0.5) is 5.13 Å². The molecule has 1 aliphatic rings. The molecular weight excluding hydrogens is 380 g/mol. The van der Waals surface area contributed by atoms with Gasteiger partial charge in [0.05, 0.1) is 11.7 Å². The molecular formula is C20H21ClN4OS. The highest BCUT2D eigenvalue weighted by atomic mass is 35.5. The first-order valence-electron chi connectivity index (χ1n) is 8.64. The molecule has 140 valence electrons. The van der Waals surface area contributed by atoms with Crippen LogP contribution in [0.5, 0.6) is 0 Å². The maximum Gasteiger partial charge on any atom is 0.243 e. The Morgan fingerprint density at radius 1 is 1.11 bits per heavy atom. The third-order valence-electron chi connectivity index (χ3n) is 4.45. The number of carbonyl (C=O) groups is 1. The lowest BCUT2D eigenvalue weighted by molar-refractivity contribution is -0.119. The van der Waals surface area contributed by atoms with E-state index in [2.05, 4.69) is 44.9 Å². The summed E-state index contributed by atoms with van der Waals surface area (Å²) in [4.78, 5) is 21.0. The lowest BCUT2D eigenvalue weighted by Gasteiger charge is -2.25. The van der Waals surface area contributed by atoms with Crippen LogP contribution < -0.4 is 10.6 Å². The van der Waals surface area contributed by atoms with Gasteiger partial charge in [0.15, 0.2) is 5.13 Å². The molecule has 7 heteroatoms. The minimum absolute atomic E-state index is 0. The van der Waals surface area contributed by atoms with Crippen LogP contribution >= 0.6 is 23.7 Å². The predicted octanol–water partition coefficient (Wildman–Crippen LogP) is 4.21.